The van der Waals surface area contributed by atoms with Crippen molar-refractivity contribution in [3.05, 3.63) is 24.2 Å². The van der Waals surface area contributed by atoms with Crippen molar-refractivity contribution < 1.29 is 4.42 Å². The van der Waals surface area contributed by atoms with Gasteiger partial charge in [-0.25, -0.2) is 0 Å². The fraction of sp³-hybridized carbons (Fsp3) is 0.733. The van der Waals surface area contributed by atoms with Crippen LogP contribution in [0.2, 0.25) is 0 Å². The van der Waals surface area contributed by atoms with Gasteiger partial charge in [0.1, 0.15) is 0 Å². The Labute approximate surface area is 104 Å². The summed E-state index contributed by atoms with van der Waals surface area (Å²) in [7, 11) is 0. The highest BCUT2D eigenvalue weighted by Gasteiger charge is 2.55. The van der Waals surface area contributed by atoms with Crippen LogP contribution >= 0.6 is 0 Å². The molecular formula is C15H23NO. The molecule has 4 rings (SSSR count). The number of fused-ring (bicyclic) bond motifs is 2. The molecule has 2 bridgehead atoms. The molecule has 0 radical (unpaired) electrons. The van der Waals surface area contributed by atoms with Crippen LogP contribution in [0.5, 0.6) is 0 Å². The summed E-state index contributed by atoms with van der Waals surface area (Å²) < 4.78 is 5.10. The van der Waals surface area contributed by atoms with E-state index in [9.17, 15) is 0 Å². The van der Waals surface area contributed by atoms with E-state index in [1.54, 1.807) is 6.26 Å². The van der Waals surface area contributed by atoms with Gasteiger partial charge in [0, 0.05) is 18.2 Å². The fourth-order valence-electron chi connectivity index (χ4n) is 4.06. The molecule has 1 N–H and O–H groups in total. The monoisotopic (exact) mass is 233 g/mol. The lowest BCUT2D eigenvalue weighted by molar-refractivity contribution is -0.115. The Bertz CT molecular complexity index is 382. The van der Waals surface area contributed by atoms with Gasteiger partial charge in [-0.3, -0.25) is 0 Å². The standard InChI is InChI=1S/C15H23NO/c1-10-13-6-12(15(13,2)3)7-14(10)16-8-11-4-5-17-9-11/h4-5,9-10,12-14,16H,6-8H2,1-3H3/t10-,12+,13-,14-/m0/s1. The average Bonchev–Trinajstić information content (AvgIpc) is 2.79. The summed E-state index contributed by atoms with van der Waals surface area (Å²) in [6.45, 7) is 8.28. The second kappa shape index (κ2) is 3.88. The lowest BCUT2D eigenvalue weighted by atomic mass is 9.45. The van der Waals surface area contributed by atoms with Crippen LogP contribution in [0.4, 0.5) is 0 Å². The van der Waals surface area contributed by atoms with Gasteiger partial charge in [0.2, 0.25) is 0 Å². The maximum absolute atomic E-state index is 5.10. The molecule has 3 aliphatic carbocycles. The summed E-state index contributed by atoms with van der Waals surface area (Å²) in [5, 5.41) is 3.71. The van der Waals surface area contributed by atoms with Gasteiger partial charge in [-0.05, 0) is 42.1 Å². The molecule has 0 spiro atoms. The first-order chi connectivity index (χ1) is 8.09. The van der Waals surface area contributed by atoms with E-state index in [0.29, 0.717) is 11.5 Å². The molecule has 3 aliphatic rings. The minimum absolute atomic E-state index is 0.591. The number of hydrogen-bond donors (Lipinski definition) is 1. The van der Waals surface area contributed by atoms with Gasteiger partial charge in [-0.1, -0.05) is 20.8 Å². The van der Waals surface area contributed by atoms with E-state index >= 15 is 0 Å². The molecule has 17 heavy (non-hydrogen) atoms. The molecule has 0 amide bonds. The van der Waals surface area contributed by atoms with Crippen LogP contribution in [0.25, 0.3) is 0 Å². The van der Waals surface area contributed by atoms with Crippen LogP contribution in [-0.2, 0) is 6.54 Å². The zero-order chi connectivity index (χ0) is 12.0. The zero-order valence-corrected chi connectivity index (χ0v) is 11.1. The van der Waals surface area contributed by atoms with E-state index in [0.717, 1.165) is 24.3 Å². The molecule has 0 saturated heterocycles. The molecule has 94 valence electrons. The first kappa shape index (κ1) is 11.3. The smallest absolute Gasteiger partial charge is 0.0947 e. The largest absolute Gasteiger partial charge is 0.472 e. The average molecular weight is 233 g/mol. The van der Waals surface area contributed by atoms with Crippen molar-refractivity contribution in [3.63, 3.8) is 0 Å². The Morgan fingerprint density at radius 2 is 2.24 bits per heavy atom. The highest BCUT2D eigenvalue weighted by atomic mass is 16.3. The van der Waals surface area contributed by atoms with Crippen molar-refractivity contribution in [1.29, 1.82) is 0 Å². The lowest BCUT2D eigenvalue weighted by Crippen LogP contribution is -2.59. The Hall–Kier alpha value is -0.760. The highest BCUT2D eigenvalue weighted by molar-refractivity contribution is 5.09. The van der Waals surface area contributed by atoms with Crippen molar-refractivity contribution >= 4 is 0 Å². The maximum Gasteiger partial charge on any atom is 0.0947 e. The van der Waals surface area contributed by atoms with Gasteiger partial charge < -0.3 is 9.73 Å². The van der Waals surface area contributed by atoms with Gasteiger partial charge in [0.15, 0.2) is 0 Å². The summed E-state index contributed by atoms with van der Waals surface area (Å²) in [5.74, 6) is 2.66. The van der Waals surface area contributed by atoms with Crippen LogP contribution in [0, 0.1) is 23.2 Å². The van der Waals surface area contributed by atoms with E-state index in [1.807, 2.05) is 12.3 Å². The number of furan rings is 1. The highest BCUT2D eigenvalue weighted by Crippen LogP contribution is 2.61. The Balaban J connectivity index is 1.60. The van der Waals surface area contributed by atoms with Crippen LogP contribution < -0.4 is 5.32 Å². The normalized spacial score (nSPS) is 38.8. The fourth-order valence-corrected chi connectivity index (χ4v) is 4.06. The predicted molar refractivity (Wildman–Crippen MR) is 68.5 cm³/mol. The van der Waals surface area contributed by atoms with Gasteiger partial charge in [0.25, 0.3) is 0 Å². The molecule has 1 aromatic heterocycles. The van der Waals surface area contributed by atoms with E-state index < -0.39 is 0 Å². The molecule has 3 fully saturated rings. The molecule has 1 aromatic rings. The SMILES string of the molecule is C[C@@H]1[C@@H](NCc2ccoc2)C[C@H]2C[C@@H]1C2(C)C. The quantitative estimate of drug-likeness (QED) is 0.865. The van der Waals surface area contributed by atoms with Gasteiger partial charge in [-0.15, -0.1) is 0 Å². The van der Waals surface area contributed by atoms with Gasteiger partial charge in [-0.2, -0.15) is 0 Å². The third-order valence-electron chi connectivity index (χ3n) is 5.50. The summed E-state index contributed by atoms with van der Waals surface area (Å²) in [4.78, 5) is 0. The lowest BCUT2D eigenvalue weighted by Gasteiger charge is -2.62. The molecule has 2 nitrogen and oxygen atoms in total. The van der Waals surface area contributed by atoms with Crippen molar-refractivity contribution in [2.45, 2.75) is 46.2 Å². The van der Waals surface area contributed by atoms with Crippen LogP contribution in [0.3, 0.4) is 0 Å². The van der Waals surface area contributed by atoms with E-state index in [2.05, 4.69) is 26.1 Å². The second-order valence-electron chi connectivity index (χ2n) is 6.57. The van der Waals surface area contributed by atoms with Crippen LogP contribution in [0.1, 0.15) is 39.2 Å². The number of rotatable bonds is 3. The number of hydrogen-bond acceptors (Lipinski definition) is 2. The Morgan fingerprint density at radius 3 is 2.82 bits per heavy atom. The summed E-state index contributed by atoms with van der Waals surface area (Å²) >= 11 is 0. The molecule has 3 saturated carbocycles. The summed E-state index contributed by atoms with van der Waals surface area (Å²) in [6, 6.07) is 2.74. The summed E-state index contributed by atoms with van der Waals surface area (Å²) in [5.41, 5.74) is 1.85. The first-order valence-electron chi connectivity index (χ1n) is 6.83. The number of nitrogens with one attached hydrogen (secondary N) is 1. The minimum atomic E-state index is 0.591. The summed E-state index contributed by atoms with van der Waals surface area (Å²) in [6.07, 6.45) is 6.40. The minimum Gasteiger partial charge on any atom is -0.472 e. The Kier molecular flexibility index (Phi) is 2.58. The third-order valence-corrected chi connectivity index (χ3v) is 5.50. The Morgan fingerprint density at radius 1 is 1.41 bits per heavy atom. The zero-order valence-electron chi connectivity index (χ0n) is 11.1. The van der Waals surface area contributed by atoms with Crippen molar-refractivity contribution in [2.75, 3.05) is 0 Å². The molecule has 0 unspecified atom stereocenters. The van der Waals surface area contributed by atoms with E-state index in [1.165, 1.54) is 18.4 Å². The predicted octanol–water partition coefficient (Wildman–Crippen LogP) is 3.44. The molecule has 2 heteroatoms. The van der Waals surface area contributed by atoms with Crippen LogP contribution in [0.15, 0.2) is 23.0 Å². The molecular weight excluding hydrogens is 210 g/mol. The van der Waals surface area contributed by atoms with Crippen molar-refractivity contribution in [3.8, 4) is 0 Å². The first-order valence-corrected chi connectivity index (χ1v) is 6.83. The molecule has 0 aliphatic heterocycles. The third kappa shape index (κ3) is 1.74. The van der Waals surface area contributed by atoms with E-state index in [4.69, 9.17) is 4.42 Å². The maximum atomic E-state index is 5.10. The van der Waals surface area contributed by atoms with Crippen molar-refractivity contribution in [1.82, 2.24) is 5.32 Å². The van der Waals surface area contributed by atoms with Crippen LogP contribution in [-0.4, -0.2) is 6.04 Å². The van der Waals surface area contributed by atoms with E-state index in [-0.39, 0.29) is 0 Å². The second-order valence-corrected chi connectivity index (χ2v) is 6.57. The van der Waals surface area contributed by atoms with Crippen molar-refractivity contribution in [2.24, 2.45) is 23.2 Å². The van der Waals surface area contributed by atoms with Gasteiger partial charge in [0.05, 0.1) is 12.5 Å². The molecule has 1 heterocycles. The van der Waals surface area contributed by atoms with Gasteiger partial charge >= 0.3 is 0 Å². The topological polar surface area (TPSA) is 25.2 Å². The molecule has 4 atom stereocenters. The molecule has 0 aromatic carbocycles.